The van der Waals surface area contributed by atoms with Crippen LogP contribution >= 0.6 is 0 Å². The molecule has 1 aromatic heterocycles. The first-order chi connectivity index (χ1) is 15.4. The second-order valence-corrected chi connectivity index (χ2v) is 9.31. The van der Waals surface area contributed by atoms with Crippen LogP contribution in [0, 0.1) is 0 Å². The Morgan fingerprint density at radius 3 is 1.71 bits per heavy atom. The zero-order chi connectivity index (χ0) is 22.0. The molecule has 0 saturated carbocycles. The number of aromatic nitrogens is 2. The minimum absolute atomic E-state index is 1.17. The van der Waals surface area contributed by atoms with Crippen molar-refractivity contribution in [3.63, 3.8) is 0 Å². The van der Waals surface area contributed by atoms with Gasteiger partial charge in [0.25, 0.3) is 5.82 Å². The van der Waals surface area contributed by atoms with Gasteiger partial charge in [0.1, 0.15) is 18.1 Å². The summed E-state index contributed by atoms with van der Waals surface area (Å²) in [6.07, 6.45) is 28.0. The summed E-state index contributed by atoms with van der Waals surface area (Å²) >= 11 is 0. The number of benzene rings is 1. The van der Waals surface area contributed by atoms with Gasteiger partial charge >= 0.3 is 0 Å². The van der Waals surface area contributed by atoms with Crippen molar-refractivity contribution in [3.05, 3.63) is 48.5 Å². The van der Waals surface area contributed by atoms with Crippen molar-refractivity contribution in [3.8, 4) is 5.69 Å². The van der Waals surface area contributed by atoms with E-state index in [1.807, 2.05) is 0 Å². The van der Waals surface area contributed by atoms with E-state index in [4.69, 9.17) is 0 Å². The molecular formula is C29H49N2+. The Morgan fingerprint density at radius 1 is 0.613 bits per heavy atom. The lowest BCUT2D eigenvalue weighted by Gasteiger charge is -2.06. The maximum Gasteiger partial charge on any atom is 0.261 e. The number of nitrogens with zero attached hydrogens (tertiary/aromatic N) is 2. The average Bonchev–Trinajstić information content (AvgIpc) is 3.20. The highest BCUT2D eigenvalue weighted by molar-refractivity contribution is 5.21. The lowest BCUT2D eigenvalue weighted by molar-refractivity contribution is -0.604. The van der Waals surface area contributed by atoms with Crippen LogP contribution in [0.25, 0.3) is 5.69 Å². The first kappa shape index (κ1) is 25.7. The topological polar surface area (TPSA) is 8.81 Å². The zero-order valence-electron chi connectivity index (χ0n) is 20.7. The molecule has 0 aliphatic rings. The van der Waals surface area contributed by atoms with E-state index in [2.05, 4.69) is 65.7 Å². The fraction of sp³-hybridized carbons (Fsp3) is 0.690. The number of imidazole rings is 1. The largest absolute Gasteiger partial charge is 0.261 e. The van der Waals surface area contributed by atoms with E-state index >= 15 is 0 Å². The molecule has 2 aromatic rings. The number of aryl methyl sites for hydroxylation is 1. The van der Waals surface area contributed by atoms with Gasteiger partial charge < -0.3 is 0 Å². The van der Waals surface area contributed by atoms with Crippen LogP contribution in [-0.2, 0) is 13.0 Å². The summed E-state index contributed by atoms with van der Waals surface area (Å²) < 4.78 is 4.93. The third-order valence-corrected chi connectivity index (χ3v) is 6.55. The van der Waals surface area contributed by atoms with E-state index in [9.17, 15) is 0 Å². The van der Waals surface area contributed by atoms with E-state index in [1.165, 1.54) is 127 Å². The molecule has 174 valence electrons. The van der Waals surface area contributed by atoms with Gasteiger partial charge in [0.15, 0.2) is 0 Å². The van der Waals surface area contributed by atoms with E-state index in [-0.39, 0.29) is 0 Å². The number of rotatable bonds is 19. The average molecular weight is 426 g/mol. The van der Waals surface area contributed by atoms with Gasteiger partial charge in [-0.05, 0) is 31.4 Å². The third kappa shape index (κ3) is 10.5. The van der Waals surface area contributed by atoms with Crippen LogP contribution in [0.5, 0.6) is 0 Å². The molecule has 0 spiro atoms. The Hall–Kier alpha value is -1.57. The molecule has 0 atom stereocenters. The van der Waals surface area contributed by atoms with Gasteiger partial charge in [-0.15, -0.1) is 0 Å². The highest BCUT2D eigenvalue weighted by Gasteiger charge is 2.18. The molecule has 2 heteroatoms. The molecule has 0 saturated heterocycles. The Balaban J connectivity index is 1.69. The van der Waals surface area contributed by atoms with Crippen molar-refractivity contribution in [1.82, 2.24) is 4.57 Å². The predicted molar refractivity (Wildman–Crippen MR) is 135 cm³/mol. The summed E-state index contributed by atoms with van der Waals surface area (Å²) in [4.78, 5) is 0. The lowest BCUT2D eigenvalue weighted by atomic mass is 10.1. The van der Waals surface area contributed by atoms with Gasteiger partial charge in [0.05, 0.1) is 6.54 Å². The van der Waals surface area contributed by atoms with E-state index < -0.39 is 0 Å². The number of hydrogen-bond donors (Lipinski definition) is 0. The molecule has 0 N–H and O–H groups in total. The standard InChI is InChI=1S/C29H49N2/c1-3-5-7-9-10-11-12-13-14-15-16-21-25-30-26-27-31(28-22-18-17-19-23-28)29(30)24-20-8-6-4-2/h17-19,22-23,26-27H,3-16,20-21,24-25H2,1-2H3/q+1. The van der Waals surface area contributed by atoms with E-state index in [1.54, 1.807) is 0 Å². The Labute approximate surface area is 193 Å². The fourth-order valence-electron chi connectivity index (χ4n) is 4.58. The number of hydrogen-bond acceptors (Lipinski definition) is 0. The molecule has 0 radical (unpaired) electrons. The van der Waals surface area contributed by atoms with Crippen molar-refractivity contribution in [2.75, 3.05) is 0 Å². The van der Waals surface area contributed by atoms with Gasteiger partial charge in [-0.1, -0.05) is 116 Å². The second kappa shape index (κ2) is 17.0. The van der Waals surface area contributed by atoms with Crippen LogP contribution in [0.4, 0.5) is 0 Å². The molecule has 1 aromatic carbocycles. The highest BCUT2D eigenvalue weighted by atomic mass is 15.1. The molecule has 31 heavy (non-hydrogen) atoms. The Kier molecular flexibility index (Phi) is 14.1. The first-order valence-electron chi connectivity index (χ1n) is 13.5. The summed E-state index contributed by atoms with van der Waals surface area (Å²) in [7, 11) is 0. The number of unbranched alkanes of at least 4 members (excludes halogenated alkanes) is 14. The minimum Gasteiger partial charge on any atom is -0.234 e. The summed E-state index contributed by atoms with van der Waals surface area (Å²) in [6.45, 7) is 5.76. The monoisotopic (exact) mass is 425 g/mol. The van der Waals surface area contributed by atoms with Crippen LogP contribution < -0.4 is 4.57 Å². The molecule has 2 rings (SSSR count). The van der Waals surface area contributed by atoms with Gasteiger partial charge in [-0.3, -0.25) is 0 Å². The van der Waals surface area contributed by atoms with Crippen molar-refractivity contribution < 1.29 is 4.57 Å². The maximum absolute atomic E-state index is 2.52. The first-order valence-corrected chi connectivity index (χ1v) is 13.5. The molecule has 0 amide bonds. The normalized spacial score (nSPS) is 11.3. The number of para-hydroxylation sites is 1. The SMILES string of the molecule is CCCCCCCCCCCCCCn1cc[n+](-c2ccccc2)c1CCCCCC. The van der Waals surface area contributed by atoms with Crippen LogP contribution in [0.15, 0.2) is 42.7 Å². The second-order valence-electron chi connectivity index (χ2n) is 9.31. The van der Waals surface area contributed by atoms with Gasteiger partial charge in [-0.2, -0.15) is 4.57 Å². The molecular weight excluding hydrogens is 376 g/mol. The quantitative estimate of drug-likeness (QED) is 0.157. The fourth-order valence-corrected chi connectivity index (χ4v) is 4.58. The van der Waals surface area contributed by atoms with Gasteiger partial charge in [0.2, 0.25) is 0 Å². The summed E-state index contributed by atoms with van der Waals surface area (Å²) in [5.74, 6) is 1.48. The van der Waals surface area contributed by atoms with Crippen LogP contribution in [0.3, 0.4) is 0 Å². The third-order valence-electron chi connectivity index (χ3n) is 6.55. The molecule has 2 nitrogen and oxygen atoms in total. The smallest absolute Gasteiger partial charge is 0.234 e. The summed E-state index contributed by atoms with van der Waals surface area (Å²) in [5.41, 5.74) is 1.29. The maximum atomic E-state index is 2.52. The minimum atomic E-state index is 1.17. The van der Waals surface area contributed by atoms with Gasteiger partial charge in [-0.25, -0.2) is 4.57 Å². The van der Waals surface area contributed by atoms with Gasteiger partial charge in [0, 0.05) is 6.42 Å². The van der Waals surface area contributed by atoms with Crippen molar-refractivity contribution in [1.29, 1.82) is 0 Å². The summed E-state index contributed by atoms with van der Waals surface area (Å²) in [6, 6.07) is 10.8. The van der Waals surface area contributed by atoms with Crippen molar-refractivity contribution in [2.45, 2.75) is 130 Å². The Morgan fingerprint density at radius 2 is 1.13 bits per heavy atom. The molecule has 0 bridgehead atoms. The zero-order valence-corrected chi connectivity index (χ0v) is 20.7. The van der Waals surface area contributed by atoms with Crippen LogP contribution in [0.2, 0.25) is 0 Å². The molecule has 0 aliphatic heterocycles. The molecule has 0 fully saturated rings. The predicted octanol–water partition coefficient (Wildman–Crippen LogP) is 8.59. The van der Waals surface area contributed by atoms with Crippen molar-refractivity contribution >= 4 is 0 Å². The van der Waals surface area contributed by atoms with E-state index in [0.29, 0.717) is 0 Å². The highest BCUT2D eigenvalue weighted by Crippen LogP contribution is 2.14. The Bertz CT molecular complexity index is 659. The van der Waals surface area contributed by atoms with Crippen molar-refractivity contribution in [2.24, 2.45) is 0 Å². The molecule has 0 aliphatic carbocycles. The summed E-state index contributed by atoms with van der Waals surface area (Å²) in [5, 5.41) is 0. The molecule has 1 heterocycles. The van der Waals surface area contributed by atoms with Crippen LogP contribution in [0.1, 0.15) is 122 Å². The molecule has 0 unspecified atom stereocenters. The van der Waals surface area contributed by atoms with E-state index in [0.717, 1.165) is 0 Å². The lowest BCUT2D eigenvalue weighted by Crippen LogP contribution is -2.34. The van der Waals surface area contributed by atoms with Crippen LogP contribution in [-0.4, -0.2) is 4.57 Å².